The number of benzene rings is 2. The van der Waals surface area contributed by atoms with Gasteiger partial charge in [-0.15, -0.1) is 0 Å². The predicted molar refractivity (Wildman–Crippen MR) is 115 cm³/mol. The zero-order chi connectivity index (χ0) is 22.2. The topological polar surface area (TPSA) is 76.2 Å². The number of piperidine rings is 1. The number of carbonyl (C=O) groups is 3. The monoisotopic (exact) mass is 422 g/mol. The molecule has 162 valence electrons. The van der Waals surface area contributed by atoms with E-state index >= 15 is 0 Å². The van der Waals surface area contributed by atoms with Crippen LogP contribution in [0.15, 0.2) is 48.5 Å². The van der Waals surface area contributed by atoms with Gasteiger partial charge in [-0.25, -0.2) is 9.69 Å². The van der Waals surface area contributed by atoms with Crippen LogP contribution in [0, 0.1) is 0 Å². The molecule has 7 nitrogen and oxygen atoms in total. The highest BCUT2D eigenvalue weighted by Crippen LogP contribution is 2.31. The van der Waals surface area contributed by atoms with Crippen LogP contribution in [0.4, 0.5) is 10.5 Å². The number of hydrogen-bond acceptors (Lipinski definition) is 5. The first-order valence-corrected chi connectivity index (χ1v) is 10.5. The Kier molecular flexibility index (Phi) is 5.43. The predicted octanol–water partition coefficient (Wildman–Crippen LogP) is 4.27. The van der Waals surface area contributed by atoms with Crippen molar-refractivity contribution in [2.45, 2.75) is 45.3 Å². The molecule has 2 aromatic rings. The molecule has 1 atom stereocenters. The molecule has 0 N–H and O–H groups in total. The second-order valence-corrected chi connectivity index (χ2v) is 8.80. The van der Waals surface area contributed by atoms with Crippen molar-refractivity contribution in [1.29, 1.82) is 0 Å². The molecular weight excluding hydrogens is 396 g/mol. The number of carbonyl (C=O) groups excluding carboxylic acids is 3. The summed E-state index contributed by atoms with van der Waals surface area (Å²) >= 11 is 0. The minimum absolute atomic E-state index is 0.196. The summed E-state index contributed by atoms with van der Waals surface area (Å²) in [6.45, 7) is 6.57. The summed E-state index contributed by atoms with van der Waals surface area (Å²) in [5, 5.41) is 0. The summed E-state index contributed by atoms with van der Waals surface area (Å²) in [6.07, 6.45) is 1.07. The molecule has 4 rings (SSSR count). The van der Waals surface area contributed by atoms with E-state index in [4.69, 9.17) is 9.47 Å². The van der Waals surface area contributed by atoms with Crippen molar-refractivity contribution in [3.63, 3.8) is 0 Å². The van der Waals surface area contributed by atoms with Gasteiger partial charge >= 0.3 is 6.09 Å². The second kappa shape index (κ2) is 8.06. The largest absolute Gasteiger partial charge is 0.489 e. The first kappa shape index (κ1) is 20.9. The fourth-order valence-corrected chi connectivity index (χ4v) is 3.84. The minimum atomic E-state index is -0.550. The second-order valence-electron chi connectivity index (χ2n) is 8.80. The fourth-order valence-electron chi connectivity index (χ4n) is 3.84. The molecule has 1 fully saturated rings. The molecule has 2 aliphatic rings. The van der Waals surface area contributed by atoms with Gasteiger partial charge in [0.2, 0.25) is 0 Å². The minimum Gasteiger partial charge on any atom is -0.489 e. The van der Waals surface area contributed by atoms with Crippen molar-refractivity contribution in [2.75, 3.05) is 18.0 Å². The average molecular weight is 422 g/mol. The van der Waals surface area contributed by atoms with Crippen molar-refractivity contribution in [3.05, 3.63) is 59.7 Å². The number of anilines is 1. The van der Waals surface area contributed by atoms with Gasteiger partial charge in [-0.05, 0) is 57.9 Å². The summed E-state index contributed by atoms with van der Waals surface area (Å²) in [7, 11) is 0. The number of nitrogens with zero attached hydrogens (tertiary/aromatic N) is 2. The first-order valence-electron chi connectivity index (χ1n) is 10.5. The zero-order valence-electron chi connectivity index (χ0n) is 18.0. The lowest BCUT2D eigenvalue weighted by molar-refractivity contribution is 0.00774. The maximum atomic E-state index is 12.7. The molecule has 3 amide bonds. The highest BCUT2D eigenvalue weighted by Gasteiger charge is 2.36. The average Bonchev–Trinajstić information content (AvgIpc) is 2.98. The van der Waals surface area contributed by atoms with Crippen molar-refractivity contribution >= 4 is 23.6 Å². The lowest BCUT2D eigenvalue weighted by atomic mass is 10.1. The highest BCUT2D eigenvalue weighted by atomic mass is 16.6. The van der Waals surface area contributed by atoms with E-state index in [1.54, 1.807) is 53.4 Å². The van der Waals surface area contributed by atoms with E-state index < -0.39 is 5.60 Å². The number of ether oxygens (including phenoxy) is 2. The highest BCUT2D eigenvalue weighted by molar-refractivity contribution is 6.34. The normalized spacial score (nSPS) is 18.7. The molecule has 2 aromatic carbocycles. The molecule has 0 radical (unpaired) electrons. The van der Waals surface area contributed by atoms with Crippen LogP contribution in [0.3, 0.4) is 0 Å². The number of hydrogen-bond donors (Lipinski definition) is 0. The third-order valence-electron chi connectivity index (χ3n) is 5.20. The van der Waals surface area contributed by atoms with Crippen LogP contribution in [0.5, 0.6) is 5.75 Å². The third kappa shape index (κ3) is 4.40. The maximum absolute atomic E-state index is 12.7. The quantitative estimate of drug-likeness (QED) is 0.691. The van der Waals surface area contributed by atoms with Gasteiger partial charge in [0.15, 0.2) is 0 Å². The zero-order valence-corrected chi connectivity index (χ0v) is 18.0. The summed E-state index contributed by atoms with van der Waals surface area (Å²) < 4.78 is 11.6. The molecule has 2 aliphatic heterocycles. The molecule has 0 spiro atoms. The summed E-state index contributed by atoms with van der Waals surface area (Å²) in [6, 6.07) is 13.7. The Balaban J connectivity index is 1.47. The molecule has 0 bridgehead atoms. The Labute approximate surface area is 181 Å². The fraction of sp³-hybridized carbons (Fsp3) is 0.375. The Morgan fingerprint density at radius 3 is 2.32 bits per heavy atom. The summed E-state index contributed by atoms with van der Waals surface area (Å²) in [5.41, 5.74) is 0.715. The van der Waals surface area contributed by atoms with Crippen LogP contribution in [-0.4, -0.2) is 47.6 Å². The number of amides is 3. The van der Waals surface area contributed by atoms with Crippen LogP contribution in [0.2, 0.25) is 0 Å². The number of likely N-dealkylation sites (tertiary alicyclic amines) is 1. The van der Waals surface area contributed by atoms with Crippen molar-refractivity contribution in [1.82, 2.24) is 4.90 Å². The Bertz CT molecular complexity index is 992. The van der Waals surface area contributed by atoms with Crippen molar-refractivity contribution in [2.24, 2.45) is 0 Å². The van der Waals surface area contributed by atoms with Gasteiger partial charge in [-0.3, -0.25) is 9.59 Å². The van der Waals surface area contributed by atoms with Gasteiger partial charge in [-0.1, -0.05) is 18.2 Å². The number of fused-ring (bicyclic) bond motifs is 1. The molecule has 1 unspecified atom stereocenters. The number of rotatable bonds is 3. The summed E-state index contributed by atoms with van der Waals surface area (Å²) in [5.74, 6) is -0.136. The van der Waals surface area contributed by atoms with Gasteiger partial charge in [0.1, 0.15) is 17.5 Å². The molecule has 2 heterocycles. The number of imide groups is 1. The van der Waals surface area contributed by atoms with E-state index in [-0.39, 0.29) is 24.0 Å². The standard InChI is InChI=1S/C24H26N2O5/c1-24(2,3)31-23(29)25-13-7-10-18(15-25)30-17-9-6-8-16(14-17)26-21(27)19-11-4-5-12-20(19)22(26)28/h4-6,8-9,11-12,14,18H,7,10,13,15H2,1-3H3. The molecule has 0 aromatic heterocycles. The Morgan fingerprint density at radius 2 is 1.68 bits per heavy atom. The molecule has 0 saturated carbocycles. The van der Waals surface area contributed by atoms with Crippen LogP contribution in [0.1, 0.15) is 54.3 Å². The van der Waals surface area contributed by atoms with Crippen molar-refractivity contribution < 1.29 is 23.9 Å². The van der Waals surface area contributed by atoms with Crippen LogP contribution >= 0.6 is 0 Å². The van der Waals surface area contributed by atoms with E-state index in [0.29, 0.717) is 35.7 Å². The smallest absolute Gasteiger partial charge is 0.410 e. The molecule has 1 saturated heterocycles. The van der Waals surface area contributed by atoms with Gasteiger partial charge in [0.25, 0.3) is 11.8 Å². The summed E-state index contributed by atoms with van der Waals surface area (Å²) in [4.78, 5) is 40.7. The Morgan fingerprint density at radius 1 is 1.00 bits per heavy atom. The van der Waals surface area contributed by atoms with Crippen molar-refractivity contribution in [3.8, 4) is 5.75 Å². The Hall–Kier alpha value is -3.35. The molecule has 31 heavy (non-hydrogen) atoms. The van der Waals surface area contributed by atoms with Gasteiger partial charge in [0.05, 0.1) is 23.4 Å². The van der Waals surface area contributed by atoms with Crippen LogP contribution < -0.4 is 9.64 Å². The third-order valence-corrected chi connectivity index (χ3v) is 5.20. The molecular formula is C24H26N2O5. The molecule has 0 aliphatic carbocycles. The van der Waals surface area contributed by atoms with Crippen LogP contribution in [0.25, 0.3) is 0 Å². The van der Waals surface area contributed by atoms with E-state index in [2.05, 4.69) is 0 Å². The SMILES string of the molecule is CC(C)(C)OC(=O)N1CCCC(Oc2cccc(N3C(=O)c4ccccc4C3=O)c2)C1. The maximum Gasteiger partial charge on any atom is 0.410 e. The molecule has 7 heteroatoms. The first-order chi connectivity index (χ1) is 14.7. The van der Waals surface area contributed by atoms with E-state index in [1.165, 1.54) is 4.90 Å². The lowest BCUT2D eigenvalue weighted by Gasteiger charge is -2.34. The van der Waals surface area contributed by atoms with Gasteiger partial charge in [-0.2, -0.15) is 0 Å². The van der Waals surface area contributed by atoms with E-state index in [0.717, 1.165) is 12.8 Å². The van der Waals surface area contributed by atoms with E-state index in [9.17, 15) is 14.4 Å². The van der Waals surface area contributed by atoms with E-state index in [1.807, 2.05) is 20.8 Å². The van der Waals surface area contributed by atoms with Crippen LogP contribution in [-0.2, 0) is 4.74 Å². The van der Waals surface area contributed by atoms with Gasteiger partial charge < -0.3 is 14.4 Å². The van der Waals surface area contributed by atoms with Gasteiger partial charge in [0, 0.05) is 12.6 Å². The lowest BCUT2D eigenvalue weighted by Crippen LogP contribution is -2.46.